The molecule has 2 heteroatoms. The van der Waals surface area contributed by atoms with E-state index in [0.29, 0.717) is 0 Å². The molecule has 0 saturated carbocycles. The summed E-state index contributed by atoms with van der Waals surface area (Å²) in [5, 5.41) is 17.8. The number of aliphatic hydroxyl groups is 2. The molecule has 0 aliphatic carbocycles. The molecule has 0 aromatic carbocycles. The third kappa shape index (κ3) is 5.10. The molecule has 1 unspecified atom stereocenters. The summed E-state index contributed by atoms with van der Waals surface area (Å²) in [7, 11) is 0. The van der Waals surface area contributed by atoms with Gasteiger partial charge in [-0.1, -0.05) is 17.7 Å². The largest absolute Gasteiger partial charge is 0.392 e. The van der Waals surface area contributed by atoms with Crippen molar-refractivity contribution in [3.05, 3.63) is 23.3 Å². The second-order valence-electron chi connectivity index (χ2n) is 3.07. The van der Waals surface area contributed by atoms with Crippen molar-refractivity contribution < 1.29 is 10.2 Å². The maximum Gasteiger partial charge on any atom is 0.0719 e. The van der Waals surface area contributed by atoms with Gasteiger partial charge in [-0.2, -0.15) is 0 Å². The summed E-state index contributed by atoms with van der Waals surface area (Å²) in [6.07, 6.45) is 4.33. The van der Waals surface area contributed by atoms with Crippen LogP contribution in [-0.4, -0.2) is 22.9 Å². The lowest BCUT2D eigenvalue weighted by molar-refractivity contribution is 0.231. The Morgan fingerprint density at radius 3 is 2.33 bits per heavy atom. The average Bonchev–Trinajstić information content (AvgIpc) is 2.03. The molecule has 0 aliphatic rings. The van der Waals surface area contributed by atoms with Crippen LogP contribution in [-0.2, 0) is 0 Å². The second-order valence-corrected chi connectivity index (χ2v) is 3.07. The first-order valence-electron chi connectivity index (χ1n) is 4.19. The summed E-state index contributed by atoms with van der Waals surface area (Å²) in [6.45, 7) is 5.63. The maximum absolute atomic E-state index is 9.10. The van der Waals surface area contributed by atoms with E-state index in [1.54, 1.807) is 6.92 Å². The molecule has 0 aliphatic heterocycles. The Labute approximate surface area is 74.2 Å². The maximum atomic E-state index is 9.10. The van der Waals surface area contributed by atoms with E-state index in [-0.39, 0.29) is 12.7 Å². The van der Waals surface area contributed by atoms with Crippen LogP contribution < -0.4 is 0 Å². The molecule has 0 aromatic heterocycles. The van der Waals surface area contributed by atoms with Gasteiger partial charge < -0.3 is 10.2 Å². The van der Waals surface area contributed by atoms with Gasteiger partial charge in [-0.15, -0.1) is 0 Å². The Bertz CT molecular complexity index is 178. The molecule has 0 rings (SSSR count). The van der Waals surface area contributed by atoms with Gasteiger partial charge in [0.05, 0.1) is 12.7 Å². The van der Waals surface area contributed by atoms with Gasteiger partial charge >= 0.3 is 0 Å². The fraction of sp³-hybridized carbons (Fsp3) is 0.600. The molecular formula is C10H18O2. The zero-order valence-electron chi connectivity index (χ0n) is 8.04. The van der Waals surface area contributed by atoms with Gasteiger partial charge in [-0.25, -0.2) is 0 Å². The van der Waals surface area contributed by atoms with Crippen molar-refractivity contribution in [2.24, 2.45) is 0 Å². The van der Waals surface area contributed by atoms with Crippen LogP contribution in [0.4, 0.5) is 0 Å². The Morgan fingerprint density at radius 2 is 1.92 bits per heavy atom. The van der Waals surface area contributed by atoms with Crippen LogP contribution in [0.25, 0.3) is 0 Å². The topological polar surface area (TPSA) is 40.5 Å². The quantitative estimate of drug-likeness (QED) is 0.630. The molecule has 12 heavy (non-hydrogen) atoms. The number of allylic oxidation sites excluding steroid dienone is 2. The monoisotopic (exact) mass is 170 g/mol. The lowest BCUT2D eigenvalue weighted by Gasteiger charge is -2.02. The minimum absolute atomic E-state index is 0.113. The summed E-state index contributed by atoms with van der Waals surface area (Å²) < 4.78 is 0. The molecule has 0 bridgehead atoms. The van der Waals surface area contributed by atoms with Crippen molar-refractivity contribution in [3.63, 3.8) is 0 Å². The van der Waals surface area contributed by atoms with E-state index in [2.05, 4.69) is 0 Å². The van der Waals surface area contributed by atoms with Crippen molar-refractivity contribution in [3.8, 4) is 0 Å². The van der Waals surface area contributed by atoms with Crippen LogP contribution in [0, 0.1) is 0 Å². The highest BCUT2D eigenvalue weighted by atomic mass is 16.3. The number of hydrogen-bond acceptors (Lipinski definition) is 2. The molecular weight excluding hydrogens is 152 g/mol. The molecule has 2 nitrogen and oxygen atoms in total. The highest BCUT2D eigenvalue weighted by Gasteiger charge is 1.95. The summed E-state index contributed by atoms with van der Waals surface area (Å²) in [5.74, 6) is 0. The zero-order valence-corrected chi connectivity index (χ0v) is 8.04. The van der Waals surface area contributed by atoms with E-state index in [1.807, 2.05) is 26.0 Å². The van der Waals surface area contributed by atoms with E-state index < -0.39 is 0 Å². The van der Waals surface area contributed by atoms with Gasteiger partial charge in [0.15, 0.2) is 0 Å². The van der Waals surface area contributed by atoms with Crippen LogP contribution in [0.2, 0.25) is 0 Å². The Morgan fingerprint density at radius 1 is 1.33 bits per heavy atom. The van der Waals surface area contributed by atoms with E-state index >= 15 is 0 Å². The van der Waals surface area contributed by atoms with Gasteiger partial charge in [-0.3, -0.25) is 0 Å². The first-order chi connectivity index (χ1) is 5.57. The first kappa shape index (κ1) is 11.4. The van der Waals surface area contributed by atoms with Crippen LogP contribution in [0.15, 0.2) is 23.3 Å². The van der Waals surface area contributed by atoms with Crippen LogP contribution >= 0.6 is 0 Å². The molecule has 0 aromatic rings. The van der Waals surface area contributed by atoms with E-state index in [4.69, 9.17) is 10.2 Å². The van der Waals surface area contributed by atoms with Gasteiger partial charge in [0.2, 0.25) is 0 Å². The Kier molecular flexibility index (Phi) is 5.68. The fourth-order valence-electron chi connectivity index (χ4n) is 0.681. The summed E-state index contributed by atoms with van der Waals surface area (Å²) in [4.78, 5) is 0. The zero-order chi connectivity index (χ0) is 9.56. The molecule has 0 fully saturated rings. The summed E-state index contributed by atoms with van der Waals surface area (Å²) >= 11 is 0. The third-order valence-electron chi connectivity index (χ3n) is 1.81. The standard InChI is InChI=1S/C10H18O2/c1-8(7-11)5-4-6-9(2)10(3)12/h5-6,10-12H,4,7H2,1-3H3. The molecule has 0 radical (unpaired) electrons. The lowest BCUT2D eigenvalue weighted by atomic mass is 10.1. The highest BCUT2D eigenvalue weighted by molar-refractivity contribution is 5.08. The summed E-state index contributed by atoms with van der Waals surface area (Å²) in [6, 6.07) is 0. The fourth-order valence-corrected chi connectivity index (χ4v) is 0.681. The first-order valence-corrected chi connectivity index (χ1v) is 4.19. The van der Waals surface area contributed by atoms with E-state index in [0.717, 1.165) is 17.6 Å². The van der Waals surface area contributed by atoms with Crippen molar-refractivity contribution >= 4 is 0 Å². The third-order valence-corrected chi connectivity index (χ3v) is 1.81. The minimum Gasteiger partial charge on any atom is -0.392 e. The van der Waals surface area contributed by atoms with Crippen molar-refractivity contribution in [1.29, 1.82) is 0 Å². The lowest BCUT2D eigenvalue weighted by Crippen LogP contribution is -2.00. The van der Waals surface area contributed by atoms with E-state index in [9.17, 15) is 0 Å². The smallest absolute Gasteiger partial charge is 0.0719 e. The second kappa shape index (κ2) is 5.98. The normalized spacial score (nSPS) is 16.4. The number of rotatable bonds is 4. The van der Waals surface area contributed by atoms with Gasteiger partial charge in [0, 0.05) is 0 Å². The average molecular weight is 170 g/mol. The molecule has 70 valence electrons. The number of aliphatic hydroxyl groups excluding tert-OH is 2. The molecule has 0 spiro atoms. The van der Waals surface area contributed by atoms with Crippen LogP contribution in [0.5, 0.6) is 0 Å². The molecule has 0 heterocycles. The minimum atomic E-state index is -0.368. The van der Waals surface area contributed by atoms with Crippen molar-refractivity contribution in [2.75, 3.05) is 6.61 Å². The number of hydrogen-bond donors (Lipinski definition) is 2. The van der Waals surface area contributed by atoms with E-state index in [1.165, 1.54) is 0 Å². The Hall–Kier alpha value is -0.600. The molecule has 1 atom stereocenters. The van der Waals surface area contributed by atoms with Crippen molar-refractivity contribution in [1.82, 2.24) is 0 Å². The molecule has 2 N–H and O–H groups in total. The van der Waals surface area contributed by atoms with Gasteiger partial charge in [0.1, 0.15) is 0 Å². The van der Waals surface area contributed by atoms with Crippen molar-refractivity contribution in [2.45, 2.75) is 33.3 Å². The molecule has 0 amide bonds. The van der Waals surface area contributed by atoms with Crippen LogP contribution in [0.1, 0.15) is 27.2 Å². The SMILES string of the molecule is CC(=CCC=C(C)C(C)O)CO. The summed E-state index contributed by atoms with van der Waals surface area (Å²) in [5.41, 5.74) is 1.93. The predicted molar refractivity (Wildman–Crippen MR) is 50.9 cm³/mol. The molecule has 0 saturated heterocycles. The van der Waals surface area contributed by atoms with Gasteiger partial charge in [0.25, 0.3) is 0 Å². The van der Waals surface area contributed by atoms with Crippen LogP contribution in [0.3, 0.4) is 0 Å². The van der Waals surface area contributed by atoms with Gasteiger partial charge in [-0.05, 0) is 32.8 Å². The highest BCUT2D eigenvalue weighted by Crippen LogP contribution is 2.03. The Balaban J connectivity index is 3.89. The predicted octanol–water partition coefficient (Wildman–Crippen LogP) is 1.64.